The number of Topliss-reactive ketones (excluding diaryl/α,β-unsaturated/α-hetero) is 2. The minimum Gasteiger partial charge on any atom is -0.508 e. The molecular weight excluding hydrogens is 494 g/mol. The lowest BCUT2D eigenvalue weighted by Crippen LogP contribution is -2.70. The molecule has 1 amide bonds. The molecule has 0 radical (unpaired) electrons. The number of phenols is 1. The normalized spacial score (nSPS) is 29.4. The van der Waals surface area contributed by atoms with Crippen molar-refractivity contribution in [3.63, 3.8) is 0 Å². The van der Waals surface area contributed by atoms with E-state index in [1.54, 1.807) is 12.1 Å². The first kappa shape index (κ1) is 27.8. The number of fused-ring (bicyclic) bond motifs is 3. The summed E-state index contributed by atoms with van der Waals surface area (Å²) in [7, 11) is 2.93. The Labute approximate surface area is 220 Å². The van der Waals surface area contributed by atoms with Crippen molar-refractivity contribution in [2.75, 3.05) is 20.6 Å². The lowest BCUT2D eigenvalue weighted by atomic mass is 9.56. The van der Waals surface area contributed by atoms with E-state index >= 15 is 0 Å². The topological polar surface area (TPSA) is 194 Å². The number of nitrogens with zero attached hydrogens (tertiary/aromatic N) is 1. The van der Waals surface area contributed by atoms with Gasteiger partial charge in [-0.2, -0.15) is 0 Å². The van der Waals surface area contributed by atoms with Crippen LogP contribution in [0.15, 0.2) is 29.0 Å². The van der Waals surface area contributed by atoms with E-state index in [0.29, 0.717) is 17.7 Å². The molecular formula is C27H35N3O8. The van der Waals surface area contributed by atoms with Crippen LogP contribution in [0, 0.1) is 17.3 Å². The molecule has 0 unspecified atom stereocenters. The molecule has 11 heteroatoms. The molecule has 0 heterocycles. The number of likely N-dealkylation sites (N-methyl/N-ethyl adjacent to an activating group) is 1. The van der Waals surface area contributed by atoms with Crippen LogP contribution in [0.5, 0.6) is 5.75 Å². The summed E-state index contributed by atoms with van der Waals surface area (Å²) in [5, 5.41) is 59.6. The van der Waals surface area contributed by atoms with Gasteiger partial charge in [0.15, 0.2) is 11.4 Å². The van der Waals surface area contributed by atoms with Crippen LogP contribution in [0.3, 0.4) is 0 Å². The third kappa shape index (κ3) is 4.01. The molecule has 1 fully saturated rings. The quantitative estimate of drug-likeness (QED) is 0.257. The van der Waals surface area contributed by atoms with Gasteiger partial charge in [0.25, 0.3) is 5.91 Å². The number of hydrogen-bond donors (Lipinski definition) is 7. The zero-order valence-electron chi connectivity index (χ0n) is 22.1. The number of phenolic OH excluding ortho intramolecular Hbond substituents is 1. The summed E-state index contributed by atoms with van der Waals surface area (Å²) in [4.78, 5) is 40.4. The molecule has 8 N–H and O–H groups in total. The number of rotatable bonds is 5. The highest BCUT2D eigenvalue weighted by molar-refractivity contribution is 6.24. The molecule has 0 aliphatic heterocycles. The first-order valence-electron chi connectivity index (χ1n) is 12.4. The van der Waals surface area contributed by atoms with Gasteiger partial charge in [0.1, 0.15) is 22.8 Å². The number of aliphatic hydroxyl groups is 4. The molecule has 1 aromatic rings. The third-order valence-electron chi connectivity index (χ3n) is 7.73. The van der Waals surface area contributed by atoms with Crippen LogP contribution in [0.1, 0.15) is 37.5 Å². The second-order valence-corrected chi connectivity index (χ2v) is 11.8. The average Bonchev–Trinajstić information content (AvgIpc) is 2.79. The number of aromatic hydroxyl groups is 1. The van der Waals surface area contributed by atoms with E-state index in [1.165, 1.54) is 19.0 Å². The van der Waals surface area contributed by atoms with Gasteiger partial charge in [-0.3, -0.25) is 19.3 Å². The van der Waals surface area contributed by atoms with Crippen molar-refractivity contribution < 1.29 is 39.9 Å². The summed E-state index contributed by atoms with van der Waals surface area (Å²) >= 11 is 0. The Balaban J connectivity index is 1.87. The number of amides is 1. The van der Waals surface area contributed by atoms with E-state index in [-0.39, 0.29) is 29.7 Å². The highest BCUT2D eigenvalue weighted by Gasteiger charge is 2.67. The maximum Gasteiger partial charge on any atom is 0.255 e. The van der Waals surface area contributed by atoms with E-state index in [1.807, 2.05) is 20.8 Å². The molecule has 11 nitrogen and oxygen atoms in total. The van der Waals surface area contributed by atoms with E-state index in [0.717, 1.165) is 0 Å². The van der Waals surface area contributed by atoms with E-state index < -0.39 is 69.7 Å². The van der Waals surface area contributed by atoms with Crippen molar-refractivity contribution in [2.24, 2.45) is 23.0 Å². The number of carbonyl (C=O) groups is 3. The number of primary amides is 1. The van der Waals surface area contributed by atoms with Crippen LogP contribution in [-0.2, 0) is 27.3 Å². The van der Waals surface area contributed by atoms with Crippen molar-refractivity contribution in [1.82, 2.24) is 10.2 Å². The Morgan fingerprint density at radius 3 is 2.37 bits per heavy atom. The van der Waals surface area contributed by atoms with Crippen molar-refractivity contribution in [3.8, 4) is 5.75 Å². The fourth-order valence-electron chi connectivity index (χ4n) is 5.99. The zero-order valence-corrected chi connectivity index (χ0v) is 22.1. The van der Waals surface area contributed by atoms with Crippen LogP contribution in [-0.4, -0.2) is 86.3 Å². The maximum absolute atomic E-state index is 13.9. The number of benzene rings is 1. The van der Waals surface area contributed by atoms with Gasteiger partial charge >= 0.3 is 0 Å². The molecule has 0 bridgehead atoms. The largest absolute Gasteiger partial charge is 0.508 e. The number of carbonyl (C=O) groups excluding carboxylic acids is 3. The van der Waals surface area contributed by atoms with Crippen LogP contribution in [0.4, 0.5) is 0 Å². The van der Waals surface area contributed by atoms with Gasteiger partial charge in [-0.15, -0.1) is 0 Å². The third-order valence-corrected chi connectivity index (χ3v) is 7.73. The Morgan fingerprint density at radius 1 is 1.18 bits per heavy atom. The smallest absolute Gasteiger partial charge is 0.255 e. The molecule has 3 aliphatic rings. The molecule has 5 atom stereocenters. The molecule has 0 saturated heterocycles. The standard InChI is InChI=1S/C27H35N3O8/c1-26(2,3)10-29-9-12-7-6-11-8-13-15(21(33)14(11)19(12)31)23(35)27(38)17(20(13)32)18(30(4)5)22(34)16(24(27)36)25(28)37/h6-7,13,17-18,20,29,31-33,36,38H,8-10H2,1-5H3,(H2,28,37)/t13-,17-,18+,20+,27+/m1/s1. The number of hydrogen-bond acceptors (Lipinski definition) is 10. The minimum atomic E-state index is -2.91. The highest BCUT2D eigenvalue weighted by atomic mass is 16.4. The van der Waals surface area contributed by atoms with E-state index in [9.17, 15) is 39.9 Å². The second kappa shape index (κ2) is 9.19. The summed E-state index contributed by atoms with van der Waals surface area (Å²) in [6.45, 7) is 7.08. The molecule has 206 valence electrons. The number of nitrogens with one attached hydrogen (secondary N) is 1. The fraction of sp³-hybridized carbons (Fsp3) is 0.519. The lowest BCUT2D eigenvalue weighted by molar-refractivity contribution is -0.168. The summed E-state index contributed by atoms with van der Waals surface area (Å²) in [5.74, 6) is -8.21. The monoisotopic (exact) mass is 529 g/mol. The van der Waals surface area contributed by atoms with Gasteiger partial charge in [-0.25, -0.2) is 0 Å². The summed E-state index contributed by atoms with van der Waals surface area (Å²) in [6, 6.07) is 2.01. The first-order chi connectivity index (χ1) is 17.5. The average molecular weight is 530 g/mol. The van der Waals surface area contributed by atoms with Crippen LogP contribution in [0.2, 0.25) is 0 Å². The van der Waals surface area contributed by atoms with Gasteiger partial charge in [-0.1, -0.05) is 32.9 Å². The Bertz CT molecular complexity index is 1290. The first-order valence-corrected chi connectivity index (χ1v) is 12.4. The van der Waals surface area contributed by atoms with Crippen molar-refractivity contribution in [3.05, 3.63) is 45.7 Å². The van der Waals surface area contributed by atoms with Crippen molar-refractivity contribution in [1.29, 1.82) is 0 Å². The van der Waals surface area contributed by atoms with Crippen LogP contribution in [0.25, 0.3) is 5.76 Å². The second-order valence-electron chi connectivity index (χ2n) is 11.8. The fourth-order valence-corrected chi connectivity index (χ4v) is 5.99. The maximum atomic E-state index is 13.9. The van der Waals surface area contributed by atoms with Crippen molar-refractivity contribution in [2.45, 2.75) is 51.5 Å². The lowest BCUT2D eigenvalue weighted by Gasteiger charge is -2.52. The number of aliphatic hydroxyl groups excluding tert-OH is 3. The summed E-state index contributed by atoms with van der Waals surface area (Å²) in [6.07, 6.45) is -1.58. The Kier molecular flexibility index (Phi) is 6.72. The predicted molar refractivity (Wildman–Crippen MR) is 137 cm³/mol. The predicted octanol–water partition coefficient (Wildman–Crippen LogP) is 0.0705. The highest BCUT2D eigenvalue weighted by Crippen LogP contribution is 2.52. The molecule has 3 aliphatic carbocycles. The van der Waals surface area contributed by atoms with Gasteiger partial charge in [-0.05, 0) is 31.5 Å². The summed E-state index contributed by atoms with van der Waals surface area (Å²) < 4.78 is 0. The molecule has 1 aromatic carbocycles. The summed E-state index contributed by atoms with van der Waals surface area (Å²) in [5.41, 5.74) is 1.97. The Hall–Kier alpha value is -3.25. The molecule has 38 heavy (non-hydrogen) atoms. The number of ketones is 2. The van der Waals surface area contributed by atoms with Crippen molar-refractivity contribution >= 4 is 23.2 Å². The van der Waals surface area contributed by atoms with Gasteiger partial charge in [0, 0.05) is 30.1 Å². The number of nitrogens with two attached hydrogens (primary N) is 1. The van der Waals surface area contributed by atoms with Gasteiger partial charge in [0.2, 0.25) is 5.78 Å². The van der Waals surface area contributed by atoms with Crippen LogP contribution < -0.4 is 11.1 Å². The molecule has 4 rings (SSSR count). The zero-order chi connectivity index (χ0) is 28.5. The van der Waals surface area contributed by atoms with Gasteiger partial charge < -0.3 is 36.6 Å². The van der Waals surface area contributed by atoms with E-state index in [2.05, 4.69) is 5.32 Å². The van der Waals surface area contributed by atoms with Crippen LogP contribution >= 0.6 is 0 Å². The van der Waals surface area contributed by atoms with Gasteiger partial charge in [0.05, 0.1) is 23.6 Å². The Morgan fingerprint density at radius 2 is 1.82 bits per heavy atom. The molecule has 0 aromatic heterocycles. The molecule has 0 spiro atoms. The van der Waals surface area contributed by atoms with E-state index in [4.69, 9.17) is 5.73 Å². The SMILES string of the molecule is CN(C)[C@@H]1C(=O)C(C(N)=O)=C(O)[C@@]2(O)C(=O)C3=C(O)c4c(ccc(CNCC(C)(C)C)c4O)C[C@H]3[C@H](O)[C@@H]12. The minimum absolute atomic E-state index is 0.0106. The molecule has 1 saturated carbocycles.